The molecule has 3 atom stereocenters. The van der Waals surface area contributed by atoms with Crippen LogP contribution in [-0.2, 0) is 2.84 Å². The SMILES string of the molecule is CCC([CH2][AlH][O][Al]([CH2]C(CC)C(C)C)[CH2]C(CC)C(C)C)C(C)C. The minimum absolute atomic E-state index is 0.326. The Hall–Kier alpha value is 1.02. The molecular weight excluding hydrogens is 322 g/mol. The van der Waals surface area contributed by atoms with Crippen LogP contribution >= 0.6 is 0 Å². The molecule has 0 aliphatic rings. The van der Waals surface area contributed by atoms with Crippen LogP contribution in [0.5, 0.6) is 0 Å². The molecule has 0 rings (SSSR count). The molecule has 0 spiro atoms. The molecular formula is C21H46Al2O. The Morgan fingerprint density at radius 2 is 1.04 bits per heavy atom. The minimum Gasteiger partial charge on any atom is -0.639 e. The van der Waals surface area contributed by atoms with Crippen molar-refractivity contribution in [2.45, 2.75) is 97.4 Å². The van der Waals surface area contributed by atoms with E-state index in [0.29, 0.717) is 0 Å². The fourth-order valence-corrected chi connectivity index (χ4v) is 11.8. The van der Waals surface area contributed by atoms with Gasteiger partial charge in [-0.05, 0) is 35.5 Å². The van der Waals surface area contributed by atoms with Crippen molar-refractivity contribution in [3.05, 3.63) is 0 Å². The van der Waals surface area contributed by atoms with E-state index in [1.165, 1.54) is 35.1 Å². The maximum atomic E-state index is 6.77. The molecule has 0 aliphatic heterocycles. The van der Waals surface area contributed by atoms with E-state index in [1.54, 1.807) is 0 Å². The third-order valence-corrected chi connectivity index (χ3v) is 12.4. The molecule has 3 unspecified atom stereocenters. The smallest absolute Gasteiger partial charge is 0.430 e. The van der Waals surface area contributed by atoms with Gasteiger partial charge >= 0.3 is 30.0 Å². The second kappa shape index (κ2) is 14.1. The Bertz CT molecular complexity index is 274. The van der Waals surface area contributed by atoms with Crippen LogP contribution < -0.4 is 0 Å². The van der Waals surface area contributed by atoms with Crippen LogP contribution in [0.4, 0.5) is 0 Å². The highest BCUT2D eigenvalue weighted by atomic mass is 27.3. The fraction of sp³-hybridized carbons (Fsp3) is 1.00. The highest BCUT2D eigenvalue weighted by Crippen LogP contribution is 2.29. The van der Waals surface area contributed by atoms with E-state index in [-0.39, 0.29) is 15.6 Å². The van der Waals surface area contributed by atoms with Crippen molar-refractivity contribution in [3.63, 3.8) is 0 Å². The second-order valence-electron chi connectivity index (χ2n) is 8.99. The van der Waals surface area contributed by atoms with E-state index in [9.17, 15) is 0 Å². The maximum Gasteiger partial charge on any atom is 0.430 e. The van der Waals surface area contributed by atoms with Crippen LogP contribution in [0, 0.1) is 35.5 Å². The van der Waals surface area contributed by atoms with Gasteiger partial charge in [-0.15, -0.1) is 0 Å². The summed E-state index contributed by atoms with van der Waals surface area (Å²) in [7, 11) is 0. The molecule has 0 fully saturated rings. The van der Waals surface area contributed by atoms with Crippen molar-refractivity contribution in [1.82, 2.24) is 0 Å². The van der Waals surface area contributed by atoms with E-state index >= 15 is 0 Å². The lowest BCUT2D eigenvalue weighted by Crippen LogP contribution is -2.30. The van der Waals surface area contributed by atoms with Gasteiger partial charge in [0.1, 0.15) is 0 Å². The van der Waals surface area contributed by atoms with E-state index < -0.39 is 14.5 Å². The van der Waals surface area contributed by atoms with E-state index in [4.69, 9.17) is 2.84 Å². The van der Waals surface area contributed by atoms with Crippen LogP contribution in [0.15, 0.2) is 0 Å². The van der Waals surface area contributed by atoms with Gasteiger partial charge in [-0.25, -0.2) is 0 Å². The molecule has 0 aliphatic carbocycles. The minimum atomic E-state index is -1.04. The van der Waals surface area contributed by atoms with Crippen molar-refractivity contribution in [1.29, 1.82) is 0 Å². The molecule has 142 valence electrons. The van der Waals surface area contributed by atoms with Crippen molar-refractivity contribution in [3.8, 4) is 0 Å². The van der Waals surface area contributed by atoms with E-state index in [2.05, 4.69) is 62.3 Å². The van der Waals surface area contributed by atoms with Crippen LogP contribution in [-0.4, -0.2) is 30.0 Å². The van der Waals surface area contributed by atoms with Crippen LogP contribution in [0.25, 0.3) is 0 Å². The van der Waals surface area contributed by atoms with Crippen LogP contribution in [0.2, 0.25) is 15.8 Å². The summed E-state index contributed by atoms with van der Waals surface area (Å²) in [6.45, 7) is 21.5. The molecule has 0 bridgehead atoms. The van der Waals surface area contributed by atoms with E-state index in [0.717, 1.165) is 35.5 Å². The summed E-state index contributed by atoms with van der Waals surface area (Å²) in [6, 6.07) is 0. The lowest BCUT2D eigenvalue weighted by molar-refractivity contribution is 0.366. The number of rotatable bonds is 14. The maximum absolute atomic E-state index is 6.77. The van der Waals surface area contributed by atoms with E-state index in [1.807, 2.05) is 0 Å². The van der Waals surface area contributed by atoms with Crippen molar-refractivity contribution < 1.29 is 2.84 Å². The summed E-state index contributed by atoms with van der Waals surface area (Å²) in [5.41, 5.74) is 0. The fourth-order valence-electron chi connectivity index (χ4n) is 4.12. The standard InChI is InChI=1S/3C7H15.2Al.O.H/c3*1-5-7(4)6(2)3;;;;/h3*6-7H,4-5H2,1-3H3;;;;. The summed E-state index contributed by atoms with van der Waals surface area (Å²) in [5.74, 6) is 5.11. The topological polar surface area (TPSA) is 9.23 Å². The molecule has 0 heterocycles. The number of hydrogen-bond acceptors (Lipinski definition) is 1. The monoisotopic (exact) mass is 368 g/mol. The summed E-state index contributed by atoms with van der Waals surface area (Å²) < 4.78 is 6.77. The summed E-state index contributed by atoms with van der Waals surface area (Å²) >= 11 is -1.36. The van der Waals surface area contributed by atoms with Gasteiger partial charge in [0.25, 0.3) is 0 Å². The van der Waals surface area contributed by atoms with Gasteiger partial charge in [0, 0.05) is 0 Å². The average Bonchev–Trinajstić information content (AvgIpc) is 2.52. The molecule has 1 nitrogen and oxygen atoms in total. The highest BCUT2D eigenvalue weighted by molar-refractivity contribution is 6.58. The van der Waals surface area contributed by atoms with Gasteiger partial charge < -0.3 is 2.84 Å². The third-order valence-electron chi connectivity index (χ3n) is 6.38. The lowest BCUT2D eigenvalue weighted by atomic mass is 9.95. The molecule has 3 heteroatoms. The van der Waals surface area contributed by atoms with Gasteiger partial charge in [-0.2, -0.15) is 0 Å². The molecule has 0 saturated carbocycles. The second-order valence-corrected chi connectivity index (χ2v) is 13.5. The molecule has 0 radical (unpaired) electrons. The molecule has 0 aromatic carbocycles. The first-order valence-corrected chi connectivity index (χ1v) is 14.6. The third kappa shape index (κ3) is 10.2. The lowest BCUT2D eigenvalue weighted by Gasteiger charge is -2.28. The predicted octanol–water partition coefficient (Wildman–Crippen LogP) is 6.81. The first-order valence-electron chi connectivity index (χ1n) is 10.9. The molecule has 24 heavy (non-hydrogen) atoms. The Morgan fingerprint density at radius 1 is 0.667 bits per heavy atom. The molecule has 0 amide bonds. The van der Waals surface area contributed by atoms with Gasteiger partial charge in [-0.3, -0.25) is 0 Å². The Labute approximate surface area is 165 Å². The molecule has 0 aromatic heterocycles. The predicted molar refractivity (Wildman–Crippen MR) is 114 cm³/mol. The molecule has 0 saturated heterocycles. The molecule has 0 N–H and O–H groups in total. The first kappa shape index (κ1) is 25.0. The Balaban J connectivity index is 4.72. The van der Waals surface area contributed by atoms with Gasteiger partial charge in [0.05, 0.1) is 0 Å². The van der Waals surface area contributed by atoms with Crippen LogP contribution in [0.1, 0.15) is 81.6 Å². The Kier molecular flexibility index (Phi) is 14.7. The van der Waals surface area contributed by atoms with Gasteiger partial charge in [0.15, 0.2) is 0 Å². The van der Waals surface area contributed by atoms with Gasteiger partial charge in [-0.1, -0.05) is 97.4 Å². The van der Waals surface area contributed by atoms with Crippen molar-refractivity contribution in [2.75, 3.05) is 0 Å². The molecule has 0 aromatic rings. The zero-order valence-corrected chi connectivity index (χ0v) is 21.0. The summed E-state index contributed by atoms with van der Waals surface area (Å²) in [6.07, 6.45) is 3.98. The van der Waals surface area contributed by atoms with Gasteiger partial charge in [0.2, 0.25) is 0 Å². The first-order chi connectivity index (χ1) is 11.3. The van der Waals surface area contributed by atoms with Crippen LogP contribution in [0.3, 0.4) is 0 Å². The van der Waals surface area contributed by atoms with Crippen molar-refractivity contribution in [2.24, 2.45) is 35.5 Å². The highest BCUT2D eigenvalue weighted by Gasteiger charge is 2.29. The quantitative estimate of drug-likeness (QED) is 0.306. The zero-order valence-electron chi connectivity index (χ0n) is 18.4. The average molecular weight is 369 g/mol. The number of hydrogen-bond donors (Lipinski definition) is 0. The summed E-state index contributed by atoms with van der Waals surface area (Å²) in [5, 5.41) is 4.24. The van der Waals surface area contributed by atoms with Crippen molar-refractivity contribution >= 4 is 30.0 Å². The zero-order chi connectivity index (χ0) is 18.7. The normalized spacial score (nSPS) is 15.8. The summed E-state index contributed by atoms with van der Waals surface area (Å²) in [4.78, 5) is 0. The largest absolute Gasteiger partial charge is 0.639 e. The Morgan fingerprint density at radius 3 is 1.33 bits per heavy atom.